The van der Waals surface area contributed by atoms with Crippen molar-refractivity contribution in [2.45, 2.75) is 6.54 Å². The summed E-state index contributed by atoms with van der Waals surface area (Å²) in [5.41, 5.74) is 1.11. The smallest absolute Gasteiger partial charge is 0.484 e. The van der Waals surface area contributed by atoms with Gasteiger partial charge in [0.15, 0.2) is 18.1 Å². The SMILES string of the molecule is O=C(COc1ccc2cc(C(=O)Nc3ccc(F)cc3)ccc2c1)NCc1ccc(OP(=O)(O)O)c(OP(=O)(O)O)c1. The van der Waals surface area contributed by atoms with Crippen LogP contribution in [0.1, 0.15) is 15.9 Å². The Bertz CT molecular complexity index is 1720. The van der Waals surface area contributed by atoms with Crippen molar-refractivity contribution in [2.75, 3.05) is 11.9 Å². The molecule has 0 heterocycles. The van der Waals surface area contributed by atoms with Gasteiger partial charge in [-0.05, 0) is 77.0 Å². The fourth-order valence-corrected chi connectivity index (χ4v) is 4.46. The first-order valence-corrected chi connectivity index (χ1v) is 14.9. The van der Waals surface area contributed by atoms with E-state index in [1.165, 1.54) is 30.3 Å². The Balaban J connectivity index is 1.34. The van der Waals surface area contributed by atoms with Crippen LogP contribution in [0.5, 0.6) is 17.2 Å². The number of benzene rings is 4. The van der Waals surface area contributed by atoms with E-state index in [0.717, 1.165) is 22.9 Å². The summed E-state index contributed by atoms with van der Waals surface area (Å²) in [6.45, 7) is -0.523. The van der Waals surface area contributed by atoms with Gasteiger partial charge in [0.05, 0.1) is 0 Å². The van der Waals surface area contributed by atoms with Crippen molar-refractivity contribution in [1.29, 1.82) is 0 Å². The molecule has 0 atom stereocenters. The van der Waals surface area contributed by atoms with Gasteiger partial charge >= 0.3 is 15.6 Å². The number of carbonyl (C=O) groups excluding carboxylic acids is 2. The number of phosphoric ester groups is 2. The largest absolute Gasteiger partial charge is 0.524 e. The number of fused-ring (bicyclic) bond motifs is 1. The van der Waals surface area contributed by atoms with Gasteiger partial charge in [-0.3, -0.25) is 29.2 Å². The molecule has 0 spiro atoms. The average Bonchev–Trinajstić information content (AvgIpc) is 2.91. The van der Waals surface area contributed by atoms with Crippen molar-refractivity contribution < 1.29 is 56.5 Å². The van der Waals surface area contributed by atoms with Crippen LogP contribution in [0.3, 0.4) is 0 Å². The summed E-state index contributed by atoms with van der Waals surface area (Å²) in [5, 5.41) is 6.69. The highest BCUT2D eigenvalue weighted by atomic mass is 31.2. The first-order chi connectivity index (χ1) is 19.7. The fourth-order valence-electron chi connectivity index (χ4n) is 3.66. The minimum Gasteiger partial charge on any atom is -0.484 e. The summed E-state index contributed by atoms with van der Waals surface area (Å²) in [7, 11) is -10.1. The molecule has 0 fully saturated rings. The molecule has 4 aromatic rings. The second-order valence-electron chi connectivity index (χ2n) is 8.69. The zero-order chi connectivity index (χ0) is 30.5. The van der Waals surface area contributed by atoms with Crippen molar-refractivity contribution in [1.82, 2.24) is 5.32 Å². The van der Waals surface area contributed by atoms with E-state index in [2.05, 4.69) is 19.7 Å². The highest BCUT2D eigenvalue weighted by molar-refractivity contribution is 7.47. The summed E-state index contributed by atoms with van der Waals surface area (Å²) in [6, 6.07) is 18.7. The standard InChI is InChI=1S/C26H23FN2O11P2/c27-20-5-7-21(8-6-20)29-26(31)19-3-2-18-13-22(9-4-17(18)12-19)38-15-25(30)28-14-16-1-10-23(39-41(32,33)34)24(11-16)40-42(35,36)37/h1-13H,14-15H2,(H,28,30)(H,29,31)(H2,32,33,34)(H2,35,36,37). The van der Waals surface area contributed by atoms with E-state index < -0.39 is 38.9 Å². The van der Waals surface area contributed by atoms with E-state index >= 15 is 0 Å². The molecule has 0 aliphatic carbocycles. The lowest BCUT2D eigenvalue weighted by molar-refractivity contribution is -0.123. The van der Waals surface area contributed by atoms with E-state index in [-0.39, 0.29) is 24.6 Å². The van der Waals surface area contributed by atoms with Gasteiger partial charge in [-0.15, -0.1) is 0 Å². The Labute approximate surface area is 237 Å². The molecule has 0 aliphatic rings. The predicted octanol–water partition coefficient (Wildman–Crippen LogP) is 3.87. The fraction of sp³-hybridized carbons (Fsp3) is 0.0769. The van der Waals surface area contributed by atoms with Crippen LogP contribution in [0.15, 0.2) is 78.9 Å². The van der Waals surface area contributed by atoms with Gasteiger partial charge in [0.1, 0.15) is 11.6 Å². The van der Waals surface area contributed by atoms with Crippen LogP contribution < -0.4 is 24.4 Å². The molecular formula is C26H23FN2O11P2. The second kappa shape index (κ2) is 12.7. The lowest BCUT2D eigenvalue weighted by Gasteiger charge is -2.15. The molecule has 42 heavy (non-hydrogen) atoms. The molecule has 4 rings (SSSR count). The molecule has 220 valence electrons. The Morgan fingerprint density at radius 2 is 1.40 bits per heavy atom. The molecule has 0 unspecified atom stereocenters. The van der Waals surface area contributed by atoms with Gasteiger partial charge in [0, 0.05) is 17.8 Å². The quantitative estimate of drug-likeness (QED) is 0.133. The van der Waals surface area contributed by atoms with E-state index in [9.17, 15) is 23.1 Å². The third-order valence-corrected chi connectivity index (χ3v) is 6.35. The molecule has 2 amide bonds. The molecule has 16 heteroatoms. The summed E-state index contributed by atoms with van der Waals surface area (Å²) in [5.74, 6) is -2.20. The molecule has 4 aromatic carbocycles. The Morgan fingerprint density at radius 1 is 0.762 bits per heavy atom. The molecular weight excluding hydrogens is 597 g/mol. The molecule has 0 saturated heterocycles. The van der Waals surface area contributed by atoms with Gasteiger partial charge in [-0.25, -0.2) is 13.5 Å². The third kappa shape index (κ3) is 9.11. The minimum atomic E-state index is -5.10. The molecule has 0 saturated carbocycles. The van der Waals surface area contributed by atoms with Gasteiger partial charge in [0.2, 0.25) is 0 Å². The number of rotatable bonds is 11. The first-order valence-electron chi connectivity index (χ1n) is 11.9. The number of hydrogen-bond acceptors (Lipinski definition) is 7. The Hall–Kier alpha value is -4.29. The first kappa shape index (κ1) is 30.7. The second-order valence-corrected chi connectivity index (χ2v) is 11.0. The van der Waals surface area contributed by atoms with E-state index in [0.29, 0.717) is 17.0 Å². The number of nitrogens with one attached hydrogen (secondary N) is 2. The highest BCUT2D eigenvalue weighted by Gasteiger charge is 2.24. The zero-order valence-electron chi connectivity index (χ0n) is 21.3. The maximum absolute atomic E-state index is 13.1. The Morgan fingerprint density at radius 3 is 2.10 bits per heavy atom. The lowest BCUT2D eigenvalue weighted by atomic mass is 10.1. The Kier molecular flexibility index (Phi) is 9.27. The van der Waals surface area contributed by atoms with Crippen LogP contribution >= 0.6 is 15.6 Å². The van der Waals surface area contributed by atoms with Crippen LogP contribution in [0.25, 0.3) is 10.8 Å². The molecule has 13 nitrogen and oxygen atoms in total. The number of anilines is 1. The molecule has 6 N–H and O–H groups in total. The average molecular weight is 620 g/mol. The monoisotopic (exact) mass is 620 g/mol. The summed E-state index contributed by atoms with van der Waals surface area (Å²) >= 11 is 0. The number of hydrogen-bond donors (Lipinski definition) is 6. The van der Waals surface area contributed by atoms with E-state index in [4.69, 9.17) is 24.3 Å². The zero-order valence-corrected chi connectivity index (χ0v) is 23.1. The van der Waals surface area contributed by atoms with Crippen molar-refractivity contribution in [3.05, 3.63) is 95.8 Å². The van der Waals surface area contributed by atoms with Crippen molar-refractivity contribution in [2.24, 2.45) is 0 Å². The summed E-state index contributed by atoms with van der Waals surface area (Å²) < 4.78 is 49.8. The van der Waals surface area contributed by atoms with Crippen LogP contribution in [-0.4, -0.2) is 38.0 Å². The van der Waals surface area contributed by atoms with Crippen molar-refractivity contribution >= 4 is 43.9 Å². The van der Waals surface area contributed by atoms with Gasteiger partial charge in [-0.1, -0.05) is 18.2 Å². The number of phosphoric acid groups is 2. The lowest BCUT2D eigenvalue weighted by Crippen LogP contribution is -2.28. The maximum atomic E-state index is 13.1. The van der Waals surface area contributed by atoms with Crippen LogP contribution in [0.4, 0.5) is 10.1 Å². The normalized spacial score (nSPS) is 11.5. The van der Waals surface area contributed by atoms with Gasteiger partial charge in [0.25, 0.3) is 11.8 Å². The van der Waals surface area contributed by atoms with Crippen LogP contribution in [0, 0.1) is 5.82 Å². The number of carbonyl (C=O) groups is 2. The molecule has 0 aromatic heterocycles. The minimum absolute atomic E-state index is 0.142. The summed E-state index contributed by atoms with van der Waals surface area (Å²) in [6.07, 6.45) is 0. The summed E-state index contributed by atoms with van der Waals surface area (Å²) in [4.78, 5) is 61.0. The number of amides is 2. The van der Waals surface area contributed by atoms with Crippen molar-refractivity contribution in [3.63, 3.8) is 0 Å². The number of ether oxygens (including phenoxy) is 1. The van der Waals surface area contributed by atoms with Crippen molar-refractivity contribution in [3.8, 4) is 17.2 Å². The maximum Gasteiger partial charge on any atom is 0.524 e. The highest BCUT2D eigenvalue weighted by Crippen LogP contribution is 2.47. The van der Waals surface area contributed by atoms with Gasteiger partial charge in [-0.2, -0.15) is 0 Å². The van der Waals surface area contributed by atoms with Crippen LogP contribution in [0.2, 0.25) is 0 Å². The van der Waals surface area contributed by atoms with Crippen LogP contribution in [-0.2, 0) is 20.5 Å². The van der Waals surface area contributed by atoms with Gasteiger partial charge < -0.3 is 24.4 Å². The third-order valence-electron chi connectivity index (χ3n) is 5.48. The predicted molar refractivity (Wildman–Crippen MR) is 147 cm³/mol. The van der Waals surface area contributed by atoms with E-state index in [1.54, 1.807) is 36.4 Å². The molecule has 0 aliphatic heterocycles. The molecule has 0 radical (unpaired) electrons. The molecule has 0 bridgehead atoms. The number of halogens is 1. The topological polar surface area (TPSA) is 201 Å². The van der Waals surface area contributed by atoms with E-state index in [1.807, 2.05) is 0 Å².